The van der Waals surface area contributed by atoms with Crippen molar-refractivity contribution in [3.8, 4) is 0 Å². The van der Waals surface area contributed by atoms with E-state index in [1.165, 1.54) is 17.0 Å². The van der Waals surface area contributed by atoms with Crippen LogP contribution < -0.4 is 9.62 Å². The van der Waals surface area contributed by atoms with Gasteiger partial charge in [0.05, 0.1) is 10.6 Å². The highest BCUT2D eigenvalue weighted by molar-refractivity contribution is 7.92. The van der Waals surface area contributed by atoms with Gasteiger partial charge in [0.15, 0.2) is 0 Å². The number of carbonyl (C=O) groups excluding carboxylic acids is 2. The lowest BCUT2D eigenvalue weighted by Crippen LogP contribution is -2.52. The van der Waals surface area contributed by atoms with Crippen LogP contribution in [0.15, 0.2) is 71.6 Å². The molecule has 0 spiro atoms. The molecular formula is C30H35Cl2N3O4S. The van der Waals surface area contributed by atoms with Crippen molar-refractivity contribution >= 4 is 50.7 Å². The summed E-state index contributed by atoms with van der Waals surface area (Å²) in [7, 11) is -4.18. The van der Waals surface area contributed by atoms with Gasteiger partial charge in [0.25, 0.3) is 10.0 Å². The maximum Gasteiger partial charge on any atom is 0.264 e. The van der Waals surface area contributed by atoms with Gasteiger partial charge in [0.2, 0.25) is 11.8 Å². The highest BCUT2D eigenvalue weighted by Crippen LogP contribution is 2.31. The van der Waals surface area contributed by atoms with Gasteiger partial charge in [0, 0.05) is 22.6 Å². The van der Waals surface area contributed by atoms with Gasteiger partial charge in [-0.2, -0.15) is 0 Å². The molecule has 0 heterocycles. The molecule has 0 radical (unpaired) electrons. The van der Waals surface area contributed by atoms with Crippen LogP contribution in [0.25, 0.3) is 0 Å². The standard InChI is InChI=1S/C30H35Cl2N3O4S/c1-6-21(3)33-30(37)23(5)34(18-24-12-14-25(31)15-13-24)29(36)19-35(28-9-7-8-27(32)22(28)4)40(38,39)26-16-10-20(2)11-17-26/h7-17,21,23H,6,18-19H2,1-5H3,(H,33,37)/t21-,23+/m1/s1. The number of benzene rings is 3. The van der Waals surface area contributed by atoms with Crippen molar-refractivity contribution in [2.75, 3.05) is 10.8 Å². The minimum Gasteiger partial charge on any atom is -0.352 e. The van der Waals surface area contributed by atoms with E-state index >= 15 is 0 Å². The number of nitrogens with zero attached hydrogens (tertiary/aromatic N) is 2. The minimum absolute atomic E-state index is 0.0390. The molecule has 0 bridgehead atoms. The molecule has 10 heteroatoms. The lowest BCUT2D eigenvalue weighted by Gasteiger charge is -2.33. The van der Waals surface area contributed by atoms with E-state index in [9.17, 15) is 18.0 Å². The summed E-state index contributed by atoms with van der Waals surface area (Å²) in [4.78, 5) is 28.6. The van der Waals surface area contributed by atoms with Crippen LogP contribution in [-0.2, 0) is 26.2 Å². The van der Waals surface area contributed by atoms with Gasteiger partial charge >= 0.3 is 0 Å². The molecule has 0 unspecified atom stereocenters. The molecule has 40 heavy (non-hydrogen) atoms. The number of hydrogen-bond donors (Lipinski definition) is 1. The first-order chi connectivity index (χ1) is 18.8. The van der Waals surface area contributed by atoms with Gasteiger partial charge in [-0.25, -0.2) is 8.42 Å². The summed E-state index contributed by atoms with van der Waals surface area (Å²) in [5, 5.41) is 3.83. The van der Waals surface area contributed by atoms with E-state index in [0.717, 1.165) is 21.9 Å². The fourth-order valence-corrected chi connectivity index (χ4v) is 5.82. The van der Waals surface area contributed by atoms with Crippen LogP contribution in [0.3, 0.4) is 0 Å². The molecule has 3 aromatic carbocycles. The minimum atomic E-state index is -4.18. The predicted octanol–water partition coefficient (Wildman–Crippen LogP) is 6.14. The van der Waals surface area contributed by atoms with Crippen molar-refractivity contribution in [1.29, 1.82) is 0 Å². The average Bonchev–Trinajstić information content (AvgIpc) is 2.92. The Morgan fingerprint density at radius 2 is 1.55 bits per heavy atom. The molecule has 0 fully saturated rings. The fourth-order valence-electron chi connectivity index (χ4n) is 4.05. The monoisotopic (exact) mass is 603 g/mol. The number of carbonyl (C=O) groups is 2. The molecule has 0 aliphatic heterocycles. The Hall–Kier alpha value is -3.07. The van der Waals surface area contributed by atoms with E-state index in [4.69, 9.17) is 23.2 Å². The number of hydrogen-bond acceptors (Lipinski definition) is 4. The van der Waals surface area contributed by atoms with Gasteiger partial charge in [-0.05, 0) is 81.6 Å². The molecule has 7 nitrogen and oxygen atoms in total. The van der Waals surface area contributed by atoms with Crippen molar-refractivity contribution < 1.29 is 18.0 Å². The van der Waals surface area contributed by atoms with Crippen LogP contribution in [-0.4, -0.2) is 43.8 Å². The van der Waals surface area contributed by atoms with Gasteiger partial charge in [-0.1, -0.05) is 66.0 Å². The molecule has 3 rings (SSSR count). The Morgan fingerprint density at radius 3 is 2.15 bits per heavy atom. The van der Waals surface area contributed by atoms with E-state index in [-0.39, 0.29) is 29.1 Å². The Balaban J connectivity index is 2.06. The van der Waals surface area contributed by atoms with Crippen LogP contribution in [0, 0.1) is 13.8 Å². The van der Waals surface area contributed by atoms with E-state index in [1.54, 1.807) is 68.4 Å². The lowest BCUT2D eigenvalue weighted by molar-refractivity contribution is -0.139. The molecule has 2 atom stereocenters. The number of rotatable bonds is 11. The zero-order valence-electron chi connectivity index (χ0n) is 23.3. The van der Waals surface area contributed by atoms with Crippen molar-refractivity contribution in [3.63, 3.8) is 0 Å². The second kappa shape index (κ2) is 13.5. The molecule has 214 valence electrons. The molecule has 2 amide bonds. The number of halogens is 2. The summed E-state index contributed by atoms with van der Waals surface area (Å²) in [6, 6.07) is 17.3. The van der Waals surface area contributed by atoms with Crippen LogP contribution >= 0.6 is 23.2 Å². The smallest absolute Gasteiger partial charge is 0.264 e. The van der Waals surface area contributed by atoms with Gasteiger partial charge in [-0.3, -0.25) is 13.9 Å². The van der Waals surface area contributed by atoms with Gasteiger partial charge in [0.1, 0.15) is 12.6 Å². The van der Waals surface area contributed by atoms with E-state index in [1.807, 2.05) is 20.8 Å². The molecule has 1 N–H and O–H groups in total. The second-order valence-corrected chi connectivity index (χ2v) is 12.6. The summed E-state index contributed by atoms with van der Waals surface area (Å²) in [5.74, 6) is -0.875. The molecule has 0 aliphatic carbocycles. The zero-order chi connectivity index (χ0) is 29.6. The molecule has 0 aromatic heterocycles. The molecular weight excluding hydrogens is 569 g/mol. The zero-order valence-corrected chi connectivity index (χ0v) is 25.6. The summed E-state index contributed by atoms with van der Waals surface area (Å²) >= 11 is 12.4. The molecule has 3 aromatic rings. The number of anilines is 1. The Morgan fingerprint density at radius 1 is 0.925 bits per heavy atom. The van der Waals surface area contributed by atoms with Crippen LogP contribution in [0.4, 0.5) is 5.69 Å². The third-order valence-corrected chi connectivity index (χ3v) is 9.27. The quantitative estimate of drug-likeness (QED) is 0.285. The lowest BCUT2D eigenvalue weighted by atomic mass is 10.1. The number of nitrogens with one attached hydrogen (secondary N) is 1. The summed E-state index contributed by atoms with van der Waals surface area (Å²) in [6.45, 7) is 8.58. The van der Waals surface area contributed by atoms with Crippen LogP contribution in [0.2, 0.25) is 10.0 Å². The summed E-state index contributed by atoms with van der Waals surface area (Å²) in [6.07, 6.45) is 0.722. The molecule has 0 saturated carbocycles. The average molecular weight is 605 g/mol. The number of aryl methyl sites for hydroxylation is 1. The van der Waals surface area contributed by atoms with Crippen molar-refractivity contribution in [2.24, 2.45) is 0 Å². The van der Waals surface area contributed by atoms with Crippen molar-refractivity contribution in [2.45, 2.75) is 64.6 Å². The first kappa shape index (κ1) is 31.5. The summed E-state index contributed by atoms with van der Waals surface area (Å²) < 4.78 is 29.0. The van der Waals surface area contributed by atoms with E-state index in [2.05, 4.69) is 5.32 Å². The van der Waals surface area contributed by atoms with Crippen LogP contribution in [0.1, 0.15) is 43.9 Å². The first-order valence-corrected chi connectivity index (χ1v) is 15.2. The number of sulfonamides is 1. The Labute approximate surface area is 247 Å². The molecule has 0 saturated heterocycles. The normalized spacial score (nSPS) is 12.9. The SMILES string of the molecule is CC[C@@H](C)NC(=O)[C@H](C)N(Cc1ccc(Cl)cc1)C(=O)CN(c1cccc(Cl)c1C)S(=O)(=O)c1ccc(C)cc1. The fraction of sp³-hybridized carbons (Fsp3) is 0.333. The maximum absolute atomic E-state index is 14.0. The Kier molecular flexibility index (Phi) is 10.6. The highest BCUT2D eigenvalue weighted by atomic mass is 35.5. The Bertz CT molecular complexity index is 1440. The molecule has 0 aliphatic rings. The first-order valence-electron chi connectivity index (χ1n) is 13.0. The topological polar surface area (TPSA) is 86.8 Å². The van der Waals surface area contributed by atoms with Crippen molar-refractivity contribution in [3.05, 3.63) is 93.5 Å². The van der Waals surface area contributed by atoms with Gasteiger partial charge in [-0.15, -0.1) is 0 Å². The number of amides is 2. The predicted molar refractivity (Wildman–Crippen MR) is 161 cm³/mol. The van der Waals surface area contributed by atoms with E-state index < -0.39 is 28.5 Å². The third-order valence-electron chi connectivity index (χ3n) is 6.83. The maximum atomic E-state index is 14.0. The summed E-state index contributed by atoms with van der Waals surface area (Å²) in [5.41, 5.74) is 2.44. The van der Waals surface area contributed by atoms with Gasteiger partial charge < -0.3 is 10.2 Å². The second-order valence-electron chi connectivity index (χ2n) is 9.85. The highest BCUT2D eigenvalue weighted by Gasteiger charge is 2.33. The van der Waals surface area contributed by atoms with Crippen LogP contribution in [0.5, 0.6) is 0 Å². The third kappa shape index (κ3) is 7.56. The largest absolute Gasteiger partial charge is 0.352 e. The van der Waals surface area contributed by atoms with Crippen molar-refractivity contribution in [1.82, 2.24) is 10.2 Å². The van der Waals surface area contributed by atoms with E-state index in [0.29, 0.717) is 15.6 Å².